The van der Waals surface area contributed by atoms with E-state index in [9.17, 15) is 13.6 Å². The minimum absolute atomic E-state index is 0.0392. The number of nitrogens with two attached hydrogens (primary N) is 1. The molecule has 6 heteroatoms. The monoisotopic (exact) mass is 312 g/mol. The van der Waals surface area contributed by atoms with E-state index in [1.54, 1.807) is 22.6 Å². The van der Waals surface area contributed by atoms with Gasteiger partial charge in [0.05, 0.1) is 9.26 Å². The predicted octanol–water partition coefficient (Wildman–Crippen LogP) is 1.89. The van der Waals surface area contributed by atoms with Crippen molar-refractivity contribution >= 4 is 28.9 Å². The number of alkyl halides is 2. The van der Waals surface area contributed by atoms with E-state index >= 15 is 0 Å². The Bertz CT molecular complexity index is 357. The Kier molecular flexibility index (Phi) is 3.87. The molecule has 0 aliphatic carbocycles. The summed E-state index contributed by atoms with van der Waals surface area (Å²) < 4.78 is 25.1. The minimum atomic E-state index is -2.69. The first-order chi connectivity index (χ1) is 6.60. The van der Waals surface area contributed by atoms with Crippen molar-refractivity contribution in [3.05, 3.63) is 26.6 Å². The summed E-state index contributed by atoms with van der Waals surface area (Å²) in [4.78, 5) is 14.2. The van der Waals surface area contributed by atoms with E-state index in [-0.39, 0.29) is 21.4 Å². The molecule has 0 spiro atoms. The van der Waals surface area contributed by atoms with Gasteiger partial charge in [0, 0.05) is 12.1 Å². The molecule has 0 unspecified atom stereocenters. The largest absolute Gasteiger partial charge is 0.325 e. The average Bonchev–Trinajstić information content (AvgIpc) is 2.17. The summed E-state index contributed by atoms with van der Waals surface area (Å²) in [6, 6.07) is 1.42. The highest BCUT2D eigenvalue weighted by Crippen LogP contribution is 2.25. The molecule has 0 amide bonds. The normalized spacial score (nSPS) is 10.6. The molecule has 1 heterocycles. The molecule has 0 fully saturated rings. The number of hydrogen-bond donors (Lipinski definition) is 1. The van der Waals surface area contributed by atoms with Crippen LogP contribution in [0.4, 0.5) is 8.78 Å². The zero-order valence-corrected chi connectivity index (χ0v) is 9.16. The third-order valence-electron chi connectivity index (χ3n) is 1.61. The number of carbonyl (C=O) groups is 1. The summed E-state index contributed by atoms with van der Waals surface area (Å²) >= 11 is 1.67. The molecule has 0 saturated carbocycles. The topological polar surface area (TPSA) is 56.0 Å². The van der Waals surface area contributed by atoms with Gasteiger partial charge in [-0.25, -0.2) is 13.8 Å². The molecule has 1 aromatic heterocycles. The molecule has 76 valence electrons. The highest BCUT2D eigenvalue weighted by atomic mass is 127. The van der Waals surface area contributed by atoms with Crippen LogP contribution in [0.3, 0.4) is 0 Å². The van der Waals surface area contributed by atoms with Crippen molar-refractivity contribution < 1.29 is 13.6 Å². The van der Waals surface area contributed by atoms with Crippen molar-refractivity contribution in [2.75, 3.05) is 0 Å². The van der Waals surface area contributed by atoms with Gasteiger partial charge in [0.15, 0.2) is 6.29 Å². The maximum atomic E-state index is 12.4. The van der Waals surface area contributed by atoms with Gasteiger partial charge in [-0.3, -0.25) is 4.79 Å². The van der Waals surface area contributed by atoms with Crippen LogP contribution in [0.25, 0.3) is 0 Å². The number of aldehydes is 1. The molecule has 3 nitrogen and oxygen atoms in total. The highest BCUT2D eigenvalue weighted by molar-refractivity contribution is 14.1. The number of pyridine rings is 1. The standard InChI is InChI=1S/C8H7F2IN2O/c9-8(10)7-6(11)4(3-14)1-5(2-12)13-7/h1,3,8H,2,12H2. The molecule has 0 saturated heterocycles. The number of rotatable bonds is 3. The fraction of sp³-hybridized carbons (Fsp3) is 0.250. The molecular weight excluding hydrogens is 305 g/mol. The van der Waals surface area contributed by atoms with E-state index in [1.165, 1.54) is 6.07 Å². The van der Waals surface area contributed by atoms with Crippen LogP contribution in [0.15, 0.2) is 6.07 Å². The number of aromatic nitrogens is 1. The second-order valence-corrected chi connectivity index (χ2v) is 3.60. The lowest BCUT2D eigenvalue weighted by atomic mass is 10.2. The van der Waals surface area contributed by atoms with Gasteiger partial charge >= 0.3 is 0 Å². The van der Waals surface area contributed by atoms with Crippen molar-refractivity contribution in [3.8, 4) is 0 Å². The smallest absolute Gasteiger partial charge is 0.281 e. The molecule has 1 rings (SSSR count). The molecule has 14 heavy (non-hydrogen) atoms. The lowest BCUT2D eigenvalue weighted by Gasteiger charge is -2.07. The summed E-state index contributed by atoms with van der Waals surface area (Å²) in [5, 5.41) is 0. The van der Waals surface area contributed by atoms with Gasteiger partial charge in [-0.2, -0.15) is 0 Å². The van der Waals surface area contributed by atoms with Crippen LogP contribution in [-0.2, 0) is 6.54 Å². The summed E-state index contributed by atoms with van der Waals surface area (Å²) in [6.07, 6.45) is -2.17. The van der Waals surface area contributed by atoms with E-state index in [0.29, 0.717) is 12.0 Å². The van der Waals surface area contributed by atoms with E-state index in [1.807, 2.05) is 0 Å². The molecule has 1 aromatic rings. The van der Waals surface area contributed by atoms with E-state index < -0.39 is 6.43 Å². The predicted molar refractivity (Wildman–Crippen MR) is 55.2 cm³/mol. The molecule has 0 atom stereocenters. The first-order valence-electron chi connectivity index (χ1n) is 3.72. The first kappa shape index (κ1) is 11.4. The van der Waals surface area contributed by atoms with Crippen LogP contribution >= 0.6 is 22.6 Å². The SMILES string of the molecule is NCc1cc(C=O)c(I)c(C(F)F)n1. The fourth-order valence-corrected chi connectivity index (χ4v) is 1.60. The summed E-state index contributed by atoms with van der Waals surface area (Å²) in [6.45, 7) is 0.0392. The quantitative estimate of drug-likeness (QED) is 0.685. The third kappa shape index (κ3) is 2.24. The maximum Gasteiger partial charge on any atom is 0.281 e. The van der Waals surface area contributed by atoms with Gasteiger partial charge < -0.3 is 5.73 Å². The summed E-state index contributed by atoms with van der Waals surface area (Å²) in [7, 11) is 0. The Labute approximate surface area is 92.8 Å². The molecule has 0 bridgehead atoms. The number of hydrogen-bond acceptors (Lipinski definition) is 3. The van der Waals surface area contributed by atoms with Gasteiger partial charge in [-0.15, -0.1) is 0 Å². The Morgan fingerprint density at radius 2 is 2.29 bits per heavy atom. The first-order valence-corrected chi connectivity index (χ1v) is 4.80. The van der Waals surface area contributed by atoms with Crippen molar-refractivity contribution in [1.29, 1.82) is 0 Å². The lowest BCUT2D eigenvalue weighted by Crippen LogP contribution is -2.07. The molecule has 2 N–H and O–H groups in total. The van der Waals surface area contributed by atoms with Crippen molar-refractivity contribution in [1.82, 2.24) is 4.98 Å². The Morgan fingerprint density at radius 3 is 2.71 bits per heavy atom. The van der Waals surface area contributed by atoms with Crippen LogP contribution < -0.4 is 5.73 Å². The molecule has 0 radical (unpaired) electrons. The number of carbonyl (C=O) groups excluding carboxylic acids is 1. The Hall–Kier alpha value is -0.630. The second kappa shape index (κ2) is 4.74. The molecule has 0 aliphatic heterocycles. The maximum absolute atomic E-state index is 12.4. The van der Waals surface area contributed by atoms with Crippen LogP contribution in [0.2, 0.25) is 0 Å². The van der Waals surface area contributed by atoms with E-state index in [2.05, 4.69) is 4.98 Å². The van der Waals surface area contributed by atoms with Gasteiger partial charge in [0.1, 0.15) is 5.69 Å². The minimum Gasteiger partial charge on any atom is -0.325 e. The van der Waals surface area contributed by atoms with Gasteiger partial charge in [-0.1, -0.05) is 0 Å². The molecule has 0 aliphatic rings. The van der Waals surface area contributed by atoms with Crippen LogP contribution in [0.1, 0.15) is 28.2 Å². The van der Waals surface area contributed by atoms with Gasteiger partial charge in [-0.05, 0) is 28.7 Å². The third-order valence-corrected chi connectivity index (χ3v) is 2.78. The van der Waals surface area contributed by atoms with Gasteiger partial charge in [0.25, 0.3) is 6.43 Å². The van der Waals surface area contributed by atoms with Gasteiger partial charge in [0.2, 0.25) is 0 Å². The highest BCUT2D eigenvalue weighted by Gasteiger charge is 2.17. The Balaban J connectivity index is 3.34. The zero-order chi connectivity index (χ0) is 10.7. The van der Waals surface area contributed by atoms with Crippen molar-refractivity contribution in [2.24, 2.45) is 5.73 Å². The van der Waals surface area contributed by atoms with Crippen LogP contribution in [0, 0.1) is 3.57 Å². The zero-order valence-electron chi connectivity index (χ0n) is 7.01. The number of halogens is 3. The van der Waals surface area contributed by atoms with Crippen LogP contribution in [0.5, 0.6) is 0 Å². The van der Waals surface area contributed by atoms with E-state index in [0.717, 1.165) is 0 Å². The summed E-state index contributed by atoms with van der Waals surface area (Å²) in [5.74, 6) is 0. The van der Waals surface area contributed by atoms with Crippen molar-refractivity contribution in [2.45, 2.75) is 13.0 Å². The Morgan fingerprint density at radius 1 is 1.64 bits per heavy atom. The summed E-state index contributed by atoms with van der Waals surface area (Å²) in [5.41, 5.74) is 5.39. The lowest BCUT2D eigenvalue weighted by molar-refractivity contribution is 0.112. The fourth-order valence-electron chi connectivity index (χ4n) is 0.962. The average molecular weight is 312 g/mol. The number of nitrogens with zero attached hydrogens (tertiary/aromatic N) is 1. The molecular formula is C8H7F2IN2O. The van der Waals surface area contributed by atoms with Crippen LogP contribution in [-0.4, -0.2) is 11.3 Å². The second-order valence-electron chi connectivity index (χ2n) is 2.52. The van der Waals surface area contributed by atoms with Crippen molar-refractivity contribution in [3.63, 3.8) is 0 Å². The van der Waals surface area contributed by atoms with E-state index in [4.69, 9.17) is 5.73 Å². The molecule has 0 aromatic carbocycles.